The molecule has 10 heavy (non-hydrogen) atoms. The Morgan fingerprint density at radius 3 is 3.00 bits per heavy atom. The molecular formula is C7H13N3. The standard InChI is InChI=1S/C7H13N3/c1-6(2)8-5-7-3-4-9-10-7/h3-4,6,8H,5H2,1-2H3,(H,9,10). The van der Waals surface area contributed by atoms with Crippen molar-refractivity contribution in [2.45, 2.75) is 26.4 Å². The summed E-state index contributed by atoms with van der Waals surface area (Å²) in [6, 6.07) is 2.50. The molecule has 0 aliphatic rings. The molecule has 0 bridgehead atoms. The summed E-state index contributed by atoms with van der Waals surface area (Å²) in [4.78, 5) is 0. The number of aromatic nitrogens is 2. The van der Waals surface area contributed by atoms with Crippen LogP contribution in [0.5, 0.6) is 0 Å². The van der Waals surface area contributed by atoms with E-state index >= 15 is 0 Å². The minimum atomic E-state index is 0.531. The number of hydrogen-bond acceptors (Lipinski definition) is 2. The lowest BCUT2D eigenvalue weighted by atomic mass is 10.3. The van der Waals surface area contributed by atoms with Crippen molar-refractivity contribution in [3.8, 4) is 0 Å². The molecule has 0 atom stereocenters. The lowest BCUT2D eigenvalue weighted by Crippen LogP contribution is -2.21. The first-order chi connectivity index (χ1) is 4.79. The Morgan fingerprint density at radius 2 is 2.50 bits per heavy atom. The van der Waals surface area contributed by atoms with Gasteiger partial charge in [0.2, 0.25) is 0 Å². The number of nitrogens with zero attached hydrogens (tertiary/aromatic N) is 1. The van der Waals surface area contributed by atoms with Crippen LogP contribution in [0.4, 0.5) is 0 Å². The minimum Gasteiger partial charge on any atom is -0.309 e. The van der Waals surface area contributed by atoms with E-state index in [-0.39, 0.29) is 0 Å². The number of hydrogen-bond donors (Lipinski definition) is 2. The summed E-state index contributed by atoms with van der Waals surface area (Å²) >= 11 is 0. The van der Waals surface area contributed by atoms with Gasteiger partial charge in [-0.3, -0.25) is 5.10 Å². The van der Waals surface area contributed by atoms with Gasteiger partial charge in [0.25, 0.3) is 0 Å². The van der Waals surface area contributed by atoms with Crippen molar-refractivity contribution in [1.82, 2.24) is 15.5 Å². The molecule has 0 aliphatic heterocycles. The fraction of sp³-hybridized carbons (Fsp3) is 0.571. The van der Waals surface area contributed by atoms with Crippen LogP contribution in [0.1, 0.15) is 19.5 Å². The van der Waals surface area contributed by atoms with Gasteiger partial charge < -0.3 is 5.32 Å². The SMILES string of the molecule is CC(C)NCc1ccn[nH]1. The van der Waals surface area contributed by atoms with Gasteiger partial charge in [-0.25, -0.2) is 0 Å². The zero-order valence-electron chi connectivity index (χ0n) is 6.39. The Bertz CT molecular complexity index is 167. The zero-order chi connectivity index (χ0) is 7.40. The third-order valence-corrected chi connectivity index (χ3v) is 1.26. The third kappa shape index (κ3) is 2.19. The van der Waals surface area contributed by atoms with E-state index < -0.39 is 0 Å². The van der Waals surface area contributed by atoms with Gasteiger partial charge in [-0.2, -0.15) is 5.10 Å². The Hall–Kier alpha value is -0.830. The van der Waals surface area contributed by atoms with Crippen LogP contribution in [0.15, 0.2) is 12.3 Å². The van der Waals surface area contributed by atoms with E-state index in [0.717, 1.165) is 12.2 Å². The van der Waals surface area contributed by atoms with Gasteiger partial charge in [-0.15, -0.1) is 0 Å². The van der Waals surface area contributed by atoms with Crippen LogP contribution in [-0.4, -0.2) is 16.2 Å². The summed E-state index contributed by atoms with van der Waals surface area (Å²) < 4.78 is 0. The highest BCUT2D eigenvalue weighted by molar-refractivity contribution is 4.96. The summed E-state index contributed by atoms with van der Waals surface area (Å²) in [6.45, 7) is 5.12. The number of aromatic amines is 1. The summed E-state index contributed by atoms with van der Waals surface area (Å²) in [5.41, 5.74) is 1.13. The first kappa shape index (κ1) is 7.28. The summed E-state index contributed by atoms with van der Waals surface area (Å²) in [5.74, 6) is 0. The molecule has 0 aromatic carbocycles. The van der Waals surface area contributed by atoms with Crippen LogP contribution in [0.25, 0.3) is 0 Å². The van der Waals surface area contributed by atoms with Crippen molar-refractivity contribution in [3.63, 3.8) is 0 Å². The average Bonchev–Trinajstić information content (AvgIpc) is 2.34. The van der Waals surface area contributed by atoms with Gasteiger partial charge in [0.05, 0.1) is 0 Å². The highest BCUT2D eigenvalue weighted by Crippen LogP contribution is 1.90. The second-order valence-corrected chi connectivity index (χ2v) is 2.62. The highest BCUT2D eigenvalue weighted by atomic mass is 15.1. The summed E-state index contributed by atoms with van der Waals surface area (Å²) in [5, 5.41) is 9.99. The largest absolute Gasteiger partial charge is 0.309 e. The van der Waals surface area contributed by atoms with E-state index in [0.29, 0.717) is 6.04 Å². The molecule has 3 nitrogen and oxygen atoms in total. The molecule has 0 aliphatic carbocycles. The summed E-state index contributed by atoms with van der Waals surface area (Å²) in [6.07, 6.45) is 1.76. The van der Waals surface area contributed by atoms with Crippen molar-refractivity contribution in [1.29, 1.82) is 0 Å². The lowest BCUT2D eigenvalue weighted by Gasteiger charge is -2.04. The normalized spacial score (nSPS) is 10.7. The predicted molar refractivity (Wildman–Crippen MR) is 40.6 cm³/mol. The van der Waals surface area contributed by atoms with Crippen LogP contribution in [0.3, 0.4) is 0 Å². The van der Waals surface area contributed by atoms with Crippen molar-refractivity contribution < 1.29 is 0 Å². The van der Waals surface area contributed by atoms with Gasteiger partial charge >= 0.3 is 0 Å². The topological polar surface area (TPSA) is 40.7 Å². The molecule has 1 aromatic heterocycles. The van der Waals surface area contributed by atoms with Crippen molar-refractivity contribution in [2.75, 3.05) is 0 Å². The van der Waals surface area contributed by atoms with Crippen LogP contribution < -0.4 is 5.32 Å². The molecule has 0 fully saturated rings. The molecule has 0 amide bonds. The Labute approximate surface area is 60.8 Å². The lowest BCUT2D eigenvalue weighted by molar-refractivity contribution is 0.580. The molecule has 3 heteroatoms. The number of H-pyrrole nitrogens is 1. The van der Waals surface area contributed by atoms with Crippen molar-refractivity contribution in [2.24, 2.45) is 0 Å². The van der Waals surface area contributed by atoms with E-state index in [1.807, 2.05) is 6.07 Å². The van der Waals surface area contributed by atoms with Gasteiger partial charge in [0.15, 0.2) is 0 Å². The molecule has 0 radical (unpaired) electrons. The zero-order valence-corrected chi connectivity index (χ0v) is 6.39. The van der Waals surface area contributed by atoms with Crippen LogP contribution in [0, 0.1) is 0 Å². The molecule has 0 saturated heterocycles. The van der Waals surface area contributed by atoms with Crippen LogP contribution in [0.2, 0.25) is 0 Å². The first-order valence-corrected chi connectivity index (χ1v) is 3.50. The maximum atomic E-state index is 3.84. The van der Waals surface area contributed by atoms with E-state index in [1.165, 1.54) is 0 Å². The Morgan fingerprint density at radius 1 is 1.70 bits per heavy atom. The van der Waals surface area contributed by atoms with E-state index in [9.17, 15) is 0 Å². The molecule has 56 valence electrons. The van der Waals surface area contributed by atoms with Gasteiger partial charge in [-0.1, -0.05) is 13.8 Å². The van der Waals surface area contributed by atoms with E-state index in [4.69, 9.17) is 0 Å². The van der Waals surface area contributed by atoms with Crippen molar-refractivity contribution in [3.05, 3.63) is 18.0 Å². The number of rotatable bonds is 3. The Kier molecular flexibility index (Phi) is 2.45. The average molecular weight is 139 g/mol. The highest BCUT2D eigenvalue weighted by Gasteiger charge is 1.93. The molecule has 1 aromatic rings. The van der Waals surface area contributed by atoms with Crippen LogP contribution in [-0.2, 0) is 6.54 Å². The summed E-state index contributed by atoms with van der Waals surface area (Å²) in [7, 11) is 0. The molecule has 0 unspecified atom stereocenters. The second-order valence-electron chi connectivity index (χ2n) is 2.62. The third-order valence-electron chi connectivity index (χ3n) is 1.26. The van der Waals surface area contributed by atoms with E-state index in [2.05, 4.69) is 29.4 Å². The van der Waals surface area contributed by atoms with Gasteiger partial charge in [0.1, 0.15) is 0 Å². The Balaban J connectivity index is 2.28. The monoisotopic (exact) mass is 139 g/mol. The molecule has 2 N–H and O–H groups in total. The van der Waals surface area contributed by atoms with Gasteiger partial charge in [0, 0.05) is 24.5 Å². The fourth-order valence-corrected chi connectivity index (χ4v) is 0.697. The van der Waals surface area contributed by atoms with E-state index in [1.54, 1.807) is 6.20 Å². The molecule has 1 rings (SSSR count). The number of nitrogens with one attached hydrogen (secondary N) is 2. The molecule has 0 spiro atoms. The smallest absolute Gasteiger partial charge is 0.0490 e. The van der Waals surface area contributed by atoms with Gasteiger partial charge in [-0.05, 0) is 6.07 Å². The van der Waals surface area contributed by atoms with Crippen LogP contribution >= 0.6 is 0 Å². The second kappa shape index (κ2) is 3.37. The minimum absolute atomic E-state index is 0.531. The quantitative estimate of drug-likeness (QED) is 0.653. The maximum Gasteiger partial charge on any atom is 0.0490 e. The molecule has 1 heterocycles. The first-order valence-electron chi connectivity index (χ1n) is 3.50. The maximum absolute atomic E-state index is 3.84. The fourth-order valence-electron chi connectivity index (χ4n) is 0.697. The predicted octanol–water partition coefficient (Wildman–Crippen LogP) is 0.908. The van der Waals surface area contributed by atoms with Crippen molar-refractivity contribution >= 4 is 0 Å². The molecule has 0 saturated carbocycles. The molecular weight excluding hydrogens is 126 g/mol.